The lowest BCUT2D eigenvalue weighted by Crippen LogP contribution is -2.14. The number of benzene rings is 1. The summed E-state index contributed by atoms with van der Waals surface area (Å²) in [7, 11) is 0. The van der Waals surface area contributed by atoms with Crippen LogP contribution in [0, 0.1) is 11.3 Å². The highest BCUT2D eigenvalue weighted by Crippen LogP contribution is 2.25. The van der Waals surface area contributed by atoms with E-state index < -0.39 is 0 Å². The average Bonchev–Trinajstić information content (AvgIpc) is 2.52. The van der Waals surface area contributed by atoms with Gasteiger partial charge in [0.2, 0.25) is 0 Å². The molecule has 0 atom stereocenters. The van der Waals surface area contributed by atoms with Crippen LogP contribution in [0.5, 0.6) is 5.75 Å². The highest BCUT2D eigenvalue weighted by atomic mass is 16.5. The number of anilines is 1. The minimum Gasteiger partial charge on any atom is -0.492 e. The van der Waals surface area contributed by atoms with E-state index in [-0.39, 0.29) is 5.41 Å². The van der Waals surface area contributed by atoms with E-state index in [0.29, 0.717) is 18.7 Å². The van der Waals surface area contributed by atoms with Gasteiger partial charge < -0.3 is 10.1 Å². The van der Waals surface area contributed by atoms with Crippen molar-refractivity contribution in [2.24, 2.45) is 0 Å². The minimum atomic E-state index is 0.115. The van der Waals surface area contributed by atoms with E-state index in [1.807, 2.05) is 18.2 Å². The van der Waals surface area contributed by atoms with Gasteiger partial charge in [-0.2, -0.15) is 5.26 Å². The number of nitrogens with zero attached hydrogens (tertiary/aromatic N) is 2. The Labute approximate surface area is 131 Å². The number of aromatic nitrogens is 1. The molecule has 1 N–H and O–H groups in total. The molecule has 0 spiro atoms. The van der Waals surface area contributed by atoms with Crippen molar-refractivity contribution in [2.45, 2.75) is 26.2 Å². The predicted molar refractivity (Wildman–Crippen MR) is 88.1 cm³/mol. The summed E-state index contributed by atoms with van der Waals surface area (Å²) in [5, 5.41) is 11.9. The zero-order valence-corrected chi connectivity index (χ0v) is 13.3. The van der Waals surface area contributed by atoms with Crippen LogP contribution < -0.4 is 10.1 Å². The second-order valence-corrected chi connectivity index (χ2v) is 6.10. The molecule has 0 aliphatic rings. The summed E-state index contributed by atoms with van der Waals surface area (Å²) in [6.07, 6.45) is 1.55. The van der Waals surface area contributed by atoms with Crippen LogP contribution in [0.1, 0.15) is 31.9 Å². The first-order chi connectivity index (χ1) is 10.5. The van der Waals surface area contributed by atoms with Gasteiger partial charge in [0.15, 0.2) is 0 Å². The zero-order valence-electron chi connectivity index (χ0n) is 13.3. The molecule has 0 saturated carbocycles. The van der Waals surface area contributed by atoms with Crippen LogP contribution in [0.2, 0.25) is 0 Å². The Balaban J connectivity index is 1.82. The molecule has 0 amide bonds. The molecule has 0 radical (unpaired) electrons. The summed E-state index contributed by atoms with van der Waals surface area (Å²) in [5.41, 5.74) is 1.93. The molecule has 4 heteroatoms. The monoisotopic (exact) mass is 295 g/mol. The fourth-order valence-electron chi connectivity index (χ4n) is 1.96. The van der Waals surface area contributed by atoms with Crippen molar-refractivity contribution in [3.63, 3.8) is 0 Å². The second kappa shape index (κ2) is 6.95. The lowest BCUT2D eigenvalue weighted by Gasteiger charge is -2.19. The van der Waals surface area contributed by atoms with Crippen molar-refractivity contribution < 1.29 is 4.74 Å². The summed E-state index contributed by atoms with van der Waals surface area (Å²) in [4.78, 5) is 4.15. The first-order valence-electron chi connectivity index (χ1n) is 7.32. The van der Waals surface area contributed by atoms with Gasteiger partial charge >= 0.3 is 0 Å². The molecule has 0 saturated heterocycles. The molecule has 2 aromatic rings. The first-order valence-corrected chi connectivity index (χ1v) is 7.32. The Morgan fingerprint density at radius 2 is 2.05 bits per heavy atom. The number of hydrogen-bond donors (Lipinski definition) is 1. The second-order valence-electron chi connectivity index (χ2n) is 6.10. The third-order valence-corrected chi connectivity index (χ3v) is 3.27. The number of pyridine rings is 1. The quantitative estimate of drug-likeness (QED) is 0.854. The van der Waals surface area contributed by atoms with Crippen LogP contribution in [0.25, 0.3) is 0 Å². The SMILES string of the molecule is CC(C)(C)c1cccc(OCCNc2ccc(C#N)cn2)c1. The fourth-order valence-corrected chi connectivity index (χ4v) is 1.96. The smallest absolute Gasteiger partial charge is 0.126 e. The van der Waals surface area contributed by atoms with Gasteiger partial charge in [-0.15, -0.1) is 0 Å². The van der Waals surface area contributed by atoms with Gasteiger partial charge in [0.1, 0.15) is 24.2 Å². The van der Waals surface area contributed by atoms with E-state index >= 15 is 0 Å². The lowest BCUT2D eigenvalue weighted by atomic mass is 9.87. The number of ether oxygens (including phenoxy) is 1. The summed E-state index contributed by atoms with van der Waals surface area (Å²) < 4.78 is 5.77. The molecule has 1 aromatic heterocycles. The van der Waals surface area contributed by atoms with Crippen LogP contribution in [0.15, 0.2) is 42.6 Å². The van der Waals surface area contributed by atoms with Crippen molar-refractivity contribution in [2.75, 3.05) is 18.5 Å². The van der Waals surface area contributed by atoms with Gasteiger partial charge in [-0.05, 0) is 35.2 Å². The maximum Gasteiger partial charge on any atom is 0.126 e. The topological polar surface area (TPSA) is 57.9 Å². The molecule has 1 aromatic carbocycles. The third kappa shape index (κ3) is 4.49. The number of hydrogen-bond acceptors (Lipinski definition) is 4. The summed E-state index contributed by atoms with van der Waals surface area (Å²) in [6, 6.07) is 13.8. The fraction of sp³-hybridized carbons (Fsp3) is 0.333. The standard InChI is InChI=1S/C18H21N3O/c1-18(2,3)15-5-4-6-16(11-15)22-10-9-20-17-8-7-14(12-19)13-21-17/h4-8,11,13H,9-10H2,1-3H3,(H,20,21). The van der Waals surface area contributed by atoms with E-state index in [4.69, 9.17) is 10.00 Å². The minimum absolute atomic E-state index is 0.115. The van der Waals surface area contributed by atoms with Crippen molar-refractivity contribution in [3.05, 3.63) is 53.7 Å². The van der Waals surface area contributed by atoms with Gasteiger partial charge in [0, 0.05) is 6.20 Å². The summed E-state index contributed by atoms with van der Waals surface area (Å²) in [6.45, 7) is 7.76. The summed E-state index contributed by atoms with van der Waals surface area (Å²) in [5.74, 6) is 1.62. The Morgan fingerprint density at radius 1 is 1.23 bits per heavy atom. The third-order valence-electron chi connectivity index (χ3n) is 3.27. The van der Waals surface area contributed by atoms with Gasteiger partial charge in [-0.3, -0.25) is 0 Å². The highest BCUT2D eigenvalue weighted by Gasteiger charge is 2.13. The normalized spacial score (nSPS) is 10.8. The molecular formula is C18H21N3O. The van der Waals surface area contributed by atoms with Crippen LogP contribution in [0.3, 0.4) is 0 Å². The Kier molecular flexibility index (Phi) is 5.00. The number of rotatable bonds is 5. The molecule has 0 bridgehead atoms. The van der Waals surface area contributed by atoms with Crippen molar-refractivity contribution >= 4 is 5.82 Å². The largest absolute Gasteiger partial charge is 0.492 e. The highest BCUT2D eigenvalue weighted by molar-refractivity contribution is 5.39. The molecule has 1 heterocycles. The van der Waals surface area contributed by atoms with Crippen molar-refractivity contribution in [1.82, 2.24) is 4.98 Å². The first kappa shape index (κ1) is 15.8. The molecule has 0 aliphatic carbocycles. The molecule has 0 fully saturated rings. The Hall–Kier alpha value is -2.54. The van der Waals surface area contributed by atoms with Crippen molar-refractivity contribution in [1.29, 1.82) is 5.26 Å². The van der Waals surface area contributed by atoms with E-state index in [9.17, 15) is 0 Å². The van der Waals surface area contributed by atoms with E-state index in [2.05, 4.69) is 43.2 Å². The zero-order chi connectivity index (χ0) is 16.0. The summed E-state index contributed by atoms with van der Waals surface area (Å²) >= 11 is 0. The number of nitrogens with one attached hydrogen (secondary N) is 1. The van der Waals surface area contributed by atoms with Crippen LogP contribution in [0.4, 0.5) is 5.82 Å². The molecule has 114 valence electrons. The molecular weight excluding hydrogens is 274 g/mol. The molecule has 0 aliphatic heterocycles. The lowest BCUT2D eigenvalue weighted by molar-refractivity contribution is 0.331. The average molecular weight is 295 g/mol. The maximum atomic E-state index is 8.72. The van der Waals surface area contributed by atoms with Gasteiger partial charge in [-0.25, -0.2) is 4.98 Å². The molecule has 4 nitrogen and oxygen atoms in total. The molecule has 0 unspecified atom stereocenters. The van der Waals surface area contributed by atoms with Gasteiger partial charge in [0.05, 0.1) is 12.1 Å². The van der Waals surface area contributed by atoms with E-state index in [1.165, 1.54) is 5.56 Å². The Morgan fingerprint density at radius 3 is 2.68 bits per heavy atom. The van der Waals surface area contributed by atoms with Gasteiger partial charge in [0.25, 0.3) is 0 Å². The van der Waals surface area contributed by atoms with Gasteiger partial charge in [-0.1, -0.05) is 32.9 Å². The molecule has 22 heavy (non-hydrogen) atoms. The van der Waals surface area contributed by atoms with E-state index in [1.54, 1.807) is 18.3 Å². The number of nitriles is 1. The van der Waals surface area contributed by atoms with Crippen molar-refractivity contribution in [3.8, 4) is 11.8 Å². The van der Waals surface area contributed by atoms with Crippen LogP contribution >= 0.6 is 0 Å². The van der Waals surface area contributed by atoms with E-state index in [0.717, 1.165) is 11.6 Å². The van der Waals surface area contributed by atoms with Crippen LogP contribution in [-0.2, 0) is 5.41 Å². The predicted octanol–water partition coefficient (Wildman–Crippen LogP) is 3.74. The maximum absolute atomic E-state index is 8.72. The Bertz CT molecular complexity index is 651. The van der Waals surface area contributed by atoms with Crippen LogP contribution in [-0.4, -0.2) is 18.1 Å². The molecule has 2 rings (SSSR count).